The number of hydrogen-bond donors (Lipinski definition) is 0. The van der Waals surface area contributed by atoms with E-state index < -0.39 is 0 Å². The molecule has 0 aromatic rings. The summed E-state index contributed by atoms with van der Waals surface area (Å²) < 4.78 is 5.26. The molecule has 31 heavy (non-hydrogen) atoms. The SMILES string of the molecule is C=NC/C(=C\N1C\C=C/C(C(=C/C=C(\C)OC)/CC)=C\CC1)CCN(C)CCCCC. The van der Waals surface area contributed by atoms with Crippen molar-refractivity contribution < 1.29 is 4.74 Å². The van der Waals surface area contributed by atoms with Crippen molar-refractivity contribution in [2.75, 3.05) is 46.9 Å². The molecule has 0 aliphatic carbocycles. The van der Waals surface area contributed by atoms with Crippen LogP contribution in [-0.4, -0.2) is 63.4 Å². The number of hydrogen-bond acceptors (Lipinski definition) is 4. The summed E-state index contributed by atoms with van der Waals surface area (Å²) in [6, 6.07) is 0. The van der Waals surface area contributed by atoms with Crippen LogP contribution in [0.2, 0.25) is 0 Å². The second kappa shape index (κ2) is 16.6. The van der Waals surface area contributed by atoms with Gasteiger partial charge in [0.1, 0.15) is 0 Å². The number of unbranched alkanes of at least 4 members (excludes halogenated alkanes) is 2. The molecule has 0 radical (unpaired) electrons. The molecule has 0 N–H and O–H groups in total. The summed E-state index contributed by atoms with van der Waals surface area (Å²) in [6.45, 7) is 15.1. The Morgan fingerprint density at radius 3 is 2.74 bits per heavy atom. The molecule has 4 heteroatoms. The minimum atomic E-state index is 0.720. The van der Waals surface area contributed by atoms with Gasteiger partial charge >= 0.3 is 0 Å². The molecule has 174 valence electrons. The predicted octanol–water partition coefficient (Wildman–Crippen LogP) is 6.16. The van der Waals surface area contributed by atoms with Crippen LogP contribution in [0.4, 0.5) is 0 Å². The first kappa shape index (κ1) is 27.0. The number of rotatable bonds is 14. The average molecular weight is 428 g/mol. The lowest BCUT2D eigenvalue weighted by Crippen LogP contribution is -2.23. The van der Waals surface area contributed by atoms with Gasteiger partial charge in [0.15, 0.2) is 0 Å². The van der Waals surface area contributed by atoms with Gasteiger partial charge in [0, 0.05) is 25.8 Å². The first-order valence-corrected chi connectivity index (χ1v) is 11.9. The van der Waals surface area contributed by atoms with Gasteiger partial charge in [-0.1, -0.05) is 51.0 Å². The normalized spacial score (nSPS) is 19.0. The first-order valence-electron chi connectivity index (χ1n) is 11.9. The molecule has 1 aliphatic rings. The van der Waals surface area contributed by atoms with Crippen LogP contribution in [0.5, 0.6) is 0 Å². The predicted molar refractivity (Wildman–Crippen MR) is 137 cm³/mol. The molecule has 1 rings (SSSR count). The van der Waals surface area contributed by atoms with Crippen LogP contribution in [0, 0.1) is 0 Å². The van der Waals surface area contributed by atoms with Gasteiger partial charge in [0.05, 0.1) is 19.4 Å². The van der Waals surface area contributed by atoms with Crippen LogP contribution in [0.3, 0.4) is 0 Å². The molecule has 1 aliphatic heterocycles. The molecular formula is C27H45N3O. The van der Waals surface area contributed by atoms with Gasteiger partial charge in [-0.05, 0) is 75.7 Å². The zero-order chi connectivity index (χ0) is 22.9. The summed E-state index contributed by atoms with van der Waals surface area (Å²) in [4.78, 5) is 9.01. The van der Waals surface area contributed by atoms with E-state index in [0.29, 0.717) is 0 Å². The maximum absolute atomic E-state index is 5.26. The molecule has 0 saturated heterocycles. The van der Waals surface area contributed by atoms with Crippen LogP contribution < -0.4 is 0 Å². The van der Waals surface area contributed by atoms with Crippen molar-refractivity contribution in [1.29, 1.82) is 0 Å². The second-order valence-corrected chi connectivity index (χ2v) is 8.30. The molecule has 0 spiro atoms. The van der Waals surface area contributed by atoms with Crippen LogP contribution in [0.25, 0.3) is 0 Å². The molecule has 4 nitrogen and oxygen atoms in total. The van der Waals surface area contributed by atoms with Gasteiger partial charge < -0.3 is 14.5 Å². The summed E-state index contributed by atoms with van der Waals surface area (Å²) >= 11 is 0. The Balaban J connectivity index is 2.71. The van der Waals surface area contributed by atoms with E-state index in [1.165, 1.54) is 42.5 Å². The van der Waals surface area contributed by atoms with E-state index in [0.717, 1.165) is 51.2 Å². The number of ether oxygens (including phenoxy) is 1. The lowest BCUT2D eigenvalue weighted by Gasteiger charge is -2.23. The largest absolute Gasteiger partial charge is 0.501 e. The van der Waals surface area contributed by atoms with Crippen molar-refractivity contribution in [2.24, 2.45) is 4.99 Å². The van der Waals surface area contributed by atoms with Crippen molar-refractivity contribution in [3.63, 3.8) is 0 Å². The number of allylic oxidation sites excluding steroid dienone is 6. The summed E-state index contributed by atoms with van der Waals surface area (Å²) in [7, 11) is 3.94. The van der Waals surface area contributed by atoms with Crippen LogP contribution in [0.1, 0.15) is 59.3 Å². The standard InChI is InChI=1S/C27H45N3O/c1-7-9-10-18-29(5)21-17-25(22-28-4)23-30-19-11-13-27(14-12-20-30)26(8-2)16-15-24(3)31-6/h11,13-16,23H,4,7-10,12,17-22H2,1-3,5-6H3/b13-11-,24-15+,25-23-,26-16+,27-14+. The molecule has 0 aromatic carbocycles. The molecule has 0 bridgehead atoms. The van der Waals surface area contributed by atoms with Gasteiger partial charge in [-0.3, -0.25) is 4.99 Å². The van der Waals surface area contributed by atoms with E-state index in [1.54, 1.807) is 7.11 Å². The monoisotopic (exact) mass is 427 g/mol. The van der Waals surface area contributed by atoms with E-state index in [-0.39, 0.29) is 0 Å². The van der Waals surface area contributed by atoms with Gasteiger partial charge in [0.2, 0.25) is 0 Å². The molecule has 0 unspecified atom stereocenters. The molecular weight excluding hydrogens is 382 g/mol. The summed E-state index contributed by atoms with van der Waals surface area (Å²) in [5.41, 5.74) is 4.04. The van der Waals surface area contributed by atoms with Gasteiger partial charge in [0.25, 0.3) is 0 Å². The lowest BCUT2D eigenvalue weighted by molar-refractivity contribution is 0.294. The quantitative estimate of drug-likeness (QED) is 0.144. The van der Waals surface area contributed by atoms with Crippen molar-refractivity contribution in [3.05, 3.63) is 59.1 Å². The number of aliphatic imine (C=N–C) groups is 1. The lowest BCUT2D eigenvalue weighted by atomic mass is 10.00. The maximum atomic E-state index is 5.26. The highest BCUT2D eigenvalue weighted by molar-refractivity contribution is 5.42. The topological polar surface area (TPSA) is 28.1 Å². The Bertz CT molecular complexity index is 670. The Labute approximate surface area is 191 Å². The second-order valence-electron chi connectivity index (χ2n) is 8.30. The summed E-state index contributed by atoms with van der Waals surface area (Å²) in [6.07, 6.45) is 20.4. The van der Waals surface area contributed by atoms with E-state index in [1.807, 2.05) is 6.92 Å². The maximum Gasteiger partial charge on any atom is 0.0924 e. The number of nitrogens with zero attached hydrogens (tertiary/aromatic N) is 3. The summed E-state index contributed by atoms with van der Waals surface area (Å²) in [5.74, 6) is 0.928. The molecule has 0 amide bonds. The van der Waals surface area contributed by atoms with E-state index in [4.69, 9.17) is 4.74 Å². The number of methoxy groups -OCH3 is 1. The fraction of sp³-hybridized carbons (Fsp3) is 0.593. The third kappa shape index (κ3) is 11.8. The zero-order valence-corrected chi connectivity index (χ0v) is 20.7. The minimum Gasteiger partial charge on any atom is -0.501 e. The highest BCUT2D eigenvalue weighted by atomic mass is 16.5. The van der Waals surface area contributed by atoms with Gasteiger partial charge in [-0.2, -0.15) is 0 Å². The Morgan fingerprint density at radius 2 is 2.06 bits per heavy atom. The Kier molecular flexibility index (Phi) is 14.4. The van der Waals surface area contributed by atoms with Crippen LogP contribution in [0.15, 0.2) is 64.1 Å². The third-order valence-corrected chi connectivity index (χ3v) is 5.65. The molecule has 0 aromatic heterocycles. The summed E-state index contributed by atoms with van der Waals surface area (Å²) in [5, 5.41) is 0. The smallest absolute Gasteiger partial charge is 0.0924 e. The van der Waals surface area contributed by atoms with E-state index in [9.17, 15) is 0 Å². The van der Waals surface area contributed by atoms with Crippen molar-refractivity contribution in [3.8, 4) is 0 Å². The Morgan fingerprint density at radius 1 is 1.26 bits per heavy atom. The van der Waals surface area contributed by atoms with Crippen molar-refractivity contribution in [2.45, 2.75) is 59.3 Å². The molecule has 0 fully saturated rings. The fourth-order valence-corrected chi connectivity index (χ4v) is 3.58. The highest BCUT2D eigenvalue weighted by Crippen LogP contribution is 2.19. The fourth-order valence-electron chi connectivity index (χ4n) is 3.58. The third-order valence-electron chi connectivity index (χ3n) is 5.65. The van der Waals surface area contributed by atoms with E-state index in [2.05, 4.69) is 79.0 Å². The average Bonchev–Trinajstić information content (AvgIpc) is 2.75. The van der Waals surface area contributed by atoms with Crippen LogP contribution >= 0.6 is 0 Å². The minimum absolute atomic E-state index is 0.720. The van der Waals surface area contributed by atoms with Crippen molar-refractivity contribution in [1.82, 2.24) is 9.80 Å². The highest BCUT2D eigenvalue weighted by Gasteiger charge is 2.07. The molecule has 1 heterocycles. The van der Waals surface area contributed by atoms with Crippen LogP contribution in [-0.2, 0) is 4.74 Å². The first-order chi connectivity index (χ1) is 15.0. The zero-order valence-electron chi connectivity index (χ0n) is 20.7. The van der Waals surface area contributed by atoms with Crippen molar-refractivity contribution >= 4 is 6.72 Å². The van der Waals surface area contributed by atoms with Gasteiger partial charge in [-0.25, -0.2) is 0 Å². The molecule has 0 saturated carbocycles. The Hall–Kier alpha value is -2.07. The van der Waals surface area contributed by atoms with Gasteiger partial charge in [-0.15, -0.1) is 0 Å². The molecule has 0 atom stereocenters. The van der Waals surface area contributed by atoms with E-state index >= 15 is 0 Å².